The molecule has 0 radical (unpaired) electrons. The third-order valence-corrected chi connectivity index (χ3v) is 12.2. The number of methoxy groups -OCH3 is 1. The Bertz CT molecular complexity index is 2120. The summed E-state index contributed by atoms with van der Waals surface area (Å²) < 4.78 is 5.44. The van der Waals surface area contributed by atoms with Crippen LogP contribution in [0.15, 0.2) is 60.9 Å². The molecule has 2 aromatic heterocycles. The highest BCUT2D eigenvalue weighted by Crippen LogP contribution is 2.43. The molecule has 8 rings (SSSR count). The monoisotopic (exact) mass is 741 g/mol. The van der Waals surface area contributed by atoms with Gasteiger partial charge in [-0.25, -0.2) is 0 Å². The number of hydrogen-bond acceptors (Lipinski definition) is 8. The summed E-state index contributed by atoms with van der Waals surface area (Å²) >= 11 is 0. The molecule has 4 aromatic rings. The molecule has 1 amide bonds. The Kier molecular flexibility index (Phi) is 10.7. The van der Waals surface area contributed by atoms with Crippen LogP contribution in [0.4, 0.5) is 5.69 Å². The van der Waals surface area contributed by atoms with Gasteiger partial charge in [-0.2, -0.15) is 0 Å². The third-order valence-electron chi connectivity index (χ3n) is 12.2. The summed E-state index contributed by atoms with van der Waals surface area (Å²) in [6.45, 7) is 8.03. The van der Waals surface area contributed by atoms with E-state index in [0.717, 1.165) is 109 Å². The number of benzene rings is 2. The summed E-state index contributed by atoms with van der Waals surface area (Å²) in [6, 6.07) is 15.5. The SMILES string of the molecule is COC1CN(Cc2cnc(C(=O)Nc3cccc(-c4cccc(CC(=O)c5cc(C6CC6)c(CN6CCCC[C@H]6C(=O)O)cn5)c4C)c3C)cc2C2CC2)C1. The molecule has 2 aliphatic carbocycles. The number of aromatic nitrogens is 2. The lowest BCUT2D eigenvalue weighted by Gasteiger charge is -2.38. The van der Waals surface area contributed by atoms with Gasteiger partial charge in [-0.05, 0) is 139 Å². The van der Waals surface area contributed by atoms with Crippen LogP contribution >= 0.6 is 0 Å². The number of amides is 1. The van der Waals surface area contributed by atoms with Crippen molar-refractivity contribution in [3.05, 3.63) is 111 Å². The van der Waals surface area contributed by atoms with Crippen molar-refractivity contribution in [2.45, 2.75) is 102 Å². The van der Waals surface area contributed by atoms with Gasteiger partial charge in [-0.1, -0.05) is 36.8 Å². The second-order valence-corrected chi connectivity index (χ2v) is 16.1. The zero-order valence-corrected chi connectivity index (χ0v) is 32.1. The summed E-state index contributed by atoms with van der Waals surface area (Å²) in [5.41, 5.74) is 11.1. The lowest BCUT2D eigenvalue weighted by atomic mass is 9.90. The Morgan fingerprint density at radius 1 is 0.800 bits per heavy atom. The topological polar surface area (TPSA) is 125 Å². The molecule has 2 saturated carbocycles. The van der Waals surface area contributed by atoms with Gasteiger partial charge in [0.15, 0.2) is 5.78 Å². The van der Waals surface area contributed by atoms with Gasteiger partial charge in [0.1, 0.15) is 17.4 Å². The average molecular weight is 742 g/mol. The number of pyridine rings is 2. The van der Waals surface area contributed by atoms with E-state index in [2.05, 4.69) is 37.2 Å². The average Bonchev–Trinajstić information content (AvgIpc) is 4.10. The summed E-state index contributed by atoms with van der Waals surface area (Å²) in [6.07, 6.45) is 11.2. The smallest absolute Gasteiger partial charge is 0.320 e. The molecule has 0 spiro atoms. The highest BCUT2D eigenvalue weighted by molar-refractivity contribution is 6.04. The van der Waals surface area contributed by atoms with Crippen LogP contribution in [0, 0.1) is 13.8 Å². The second kappa shape index (κ2) is 15.8. The van der Waals surface area contributed by atoms with Gasteiger partial charge >= 0.3 is 5.97 Å². The molecule has 4 heterocycles. The standard InChI is InChI=1S/C45H51N5O5/c1-27-31(18-43(51)40-19-37(29-13-14-29)33(22-46-40)24-50-17-5-4-12-42(50)45(53)54)8-6-9-35(27)36-10-7-11-39(28(36)2)48-44(52)41-20-38(30-15-16-30)32(21-47-41)23-49-25-34(26-49)55-3/h6-11,19-22,29-30,34,42H,4-5,12-18,23-26H2,1-3H3,(H,48,52)(H,53,54)/t42-/m0/s1. The maximum absolute atomic E-state index is 13.8. The van der Waals surface area contributed by atoms with E-state index in [9.17, 15) is 19.5 Å². The summed E-state index contributed by atoms with van der Waals surface area (Å²) in [5.74, 6) is -0.147. The van der Waals surface area contributed by atoms with Gasteiger partial charge in [0.05, 0.1) is 6.10 Å². The van der Waals surface area contributed by atoms with E-state index in [-0.39, 0.29) is 18.1 Å². The zero-order chi connectivity index (χ0) is 38.2. The van der Waals surface area contributed by atoms with Gasteiger partial charge in [0.25, 0.3) is 5.91 Å². The van der Waals surface area contributed by atoms with Crippen molar-refractivity contribution >= 4 is 23.3 Å². The third kappa shape index (κ3) is 8.13. The number of anilines is 1. The van der Waals surface area contributed by atoms with E-state index < -0.39 is 12.0 Å². The first-order chi connectivity index (χ1) is 26.7. The Hall–Kier alpha value is -4.77. The highest BCUT2D eigenvalue weighted by atomic mass is 16.5. The van der Waals surface area contributed by atoms with Crippen molar-refractivity contribution < 1.29 is 24.2 Å². The van der Waals surface area contributed by atoms with Crippen LogP contribution in [-0.4, -0.2) is 81.4 Å². The van der Waals surface area contributed by atoms with Crippen LogP contribution in [0.1, 0.15) is 117 Å². The molecule has 0 unspecified atom stereocenters. The first kappa shape index (κ1) is 37.2. The first-order valence-electron chi connectivity index (χ1n) is 19.9. The van der Waals surface area contributed by atoms with E-state index in [4.69, 9.17) is 4.74 Å². The van der Waals surface area contributed by atoms with Gasteiger partial charge in [0.2, 0.25) is 0 Å². The number of Topliss-reactive ketones (excluding diaryl/α,β-unsaturated/α-hetero) is 1. The number of rotatable bonds is 14. The number of aliphatic carboxylic acids is 1. The molecule has 286 valence electrons. The number of hydrogen-bond donors (Lipinski definition) is 2. The van der Waals surface area contributed by atoms with Crippen LogP contribution in [0.5, 0.6) is 0 Å². The molecule has 2 aliphatic heterocycles. The summed E-state index contributed by atoms with van der Waals surface area (Å²) in [5, 5.41) is 12.9. The fourth-order valence-corrected chi connectivity index (χ4v) is 8.49. The minimum absolute atomic E-state index is 0.0408. The van der Waals surface area contributed by atoms with Crippen LogP contribution in [-0.2, 0) is 29.0 Å². The van der Waals surface area contributed by atoms with E-state index in [1.807, 2.05) is 62.6 Å². The Labute approximate surface area is 323 Å². The van der Waals surface area contributed by atoms with E-state index in [1.54, 1.807) is 7.11 Å². The number of likely N-dealkylation sites (tertiary alicyclic amines) is 2. The summed E-state index contributed by atoms with van der Waals surface area (Å²) in [7, 11) is 1.76. The van der Waals surface area contributed by atoms with Gasteiger partial charge in [0, 0.05) is 57.8 Å². The first-order valence-corrected chi connectivity index (χ1v) is 19.9. The minimum Gasteiger partial charge on any atom is -0.480 e. The Balaban J connectivity index is 0.972. The molecule has 10 heteroatoms. The fraction of sp³-hybridized carbons (Fsp3) is 0.444. The van der Waals surface area contributed by atoms with Crippen LogP contribution < -0.4 is 5.32 Å². The lowest BCUT2D eigenvalue weighted by molar-refractivity contribution is -0.144. The van der Waals surface area contributed by atoms with E-state index >= 15 is 0 Å². The van der Waals surface area contributed by atoms with Crippen molar-refractivity contribution in [3.63, 3.8) is 0 Å². The Morgan fingerprint density at radius 3 is 2.11 bits per heavy atom. The largest absolute Gasteiger partial charge is 0.480 e. The molecule has 2 saturated heterocycles. The number of piperidine rings is 1. The molecular weight excluding hydrogens is 691 g/mol. The van der Waals surface area contributed by atoms with Gasteiger partial charge in [-0.3, -0.25) is 34.2 Å². The highest BCUT2D eigenvalue weighted by Gasteiger charge is 2.33. The lowest BCUT2D eigenvalue weighted by Crippen LogP contribution is -2.51. The molecule has 55 heavy (non-hydrogen) atoms. The molecule has 4 fully saturated rings. The van der Waals surface area contributed by atoms with Crippen molar-refractivity contribution in [2.24, 2.45) is 0 Å². The van der Waals surface area contributed by atoms with Crippen molar-refractivity contribution in [3.8, 4) is 11.1 Å². The van der Waals surface area contributed by atoms with E-state index in [0.29, 0.717) is 42.3 Å². The molecular formula is C45H51N5O5. The molecule has 0 bridgehead atoms. The van der Waals surface area contributed by atoms with Gasteiger partial charge in [-0.15, -0.1) is 0 Å². The van der Waals surface area contributed by atoms with Gasteiger partial charge < -0.3 is 15.2 Å². The number of nitrogens with zero attached hydrogens (tertiary/aromatic N) is 4. The van der Waals surface area contributed by atoms with E-state index in [1.165, 1.54) is 11.1 Å². The number of nitrogens with one attached hydrogen (secondary N) is 1. The summed E-state index contributed by atoms with van der Waals surface area (Å²) in [4.78, 5) is 53.0. The maximum atomic E-state index is 13.8. The molecule has 1 atom stereocenters. The number of carboxylic acids is 1. The number of carbonyl (C=O) groups excluding carboxylic acids is 2. The number of carbonyl (C=O) groups is 3. The van der Waals surface area contributed by atoms with Crippen LogP contribution in [0.2, 0.25) is 0 Å². The second-order valence-electron chi connectivity index (χ2n) is 16.1. The van der Waals surface area contributed by atoms with Crippen molar-refractivity contribution in [1.29, 1.82) is 0 Å². The number of ether oxygens (including phenoxy) is 1. The maximum Gasteiger partial charge on any atom is 0.320 e. The minimum atomic E-state index is -0.767. The zero-order valence-electron chi connectivity index (χ0n) is 32.1. The molecule has 2 aromatic carbocycles. The molecule has 2 N–H and O–H groups in total. The predicted octanol–water partition coefficient (Wildman–Crippen LogP) is 7.46. The van der Waals surface area contributed by atoms with Crippen molar-refractivity contribution in [2.75, 3.05) is 32.1 Å². The molecule has 10 nitrogen and oxygen atoms in total. The fourth-order valence-electron chi connectivity index (χ4n) is 8.49. The van der Waals surface area contributed by atoms with Crippen molar-refractivity contribution in [1.82, 2.24) is 19.8 Å². The number of ketones is 1. The van der Waals surface area contributed by atoms with Crippen LogP contribution in [0.3, 0.4) is 0 Å². The predicted molar refractivity (Wildman–Crippen MR) is 212 cm³/mol. The Morgan fingerprint density at radius 2 is 1.44 bits per heavy atom. The van der Waals surface area contributed by atoms with Crippen LogP contribution in [0.25, 0.3) is 11.1 Å². The number of carboxylic acid groups (broad SMARTS) is 1. The molecule has 4 aliphatic rings. The normalized spacial score (nSPS) is 19.2. The quantitative estimate of drug-likeness (QED) is 0.127.